The minimum atomic E-state index is -0.636. The Hall–Kier alpha value is -3.43. The standard InChI is InChI=1S/C22H20ClN3O5S/c1-13-20(32-19(25-13)12-30-17-9-5-15(23)6-10-17)22(29)31-11-18(27)26-16-7-3-14(4-8-16)21(28)24-2/h3-10H,11-12H2,1-2H3,(H,24,28)(H,26,27). The summed E-state index contributed by atoms with van der Waals surface area (Å²) in [4.78, 5) is 40.6. The van der Waals surface area contributed by atoms with Crippen LogP contribution in [0.15, 0.2) is 48.5 Å². The quantitative estimate of drug-likeness (QED) is 0.481. The second kappa shape index (κ2) is 10.7. The normalized spacial score (nSPS) is 10.3. The lowest BCUT2D eigenvalue weighted by molar-refractivity contribution is -0.119. The number of carbonyl (C=O) groups is 3. The molecule has 166 valence electrons. The lowest BCUT2D eigenvalue weighted by atomic mass is 10.2. The van der Waals surface area contributed by atoms with Gasteiger partial charge in [-0.3, -0.25) is 9.59 Å². The molecule has 2 amide bonds. The van der Waals surface area contributed by atoms with Crippen LogP contribution in [0.2, 0.25) is 5.02 Å². The van der Waals surface area contributed by atoms with E-state index < -0.39 is 18.5 Å². The minimum Gasteiger partial charge on any atom is -0.486 e. The second-order valence-corrected chi connectivity index (χ2v) is 8.07. The Morgan fingerprint density at radius 3 is 2.41 bits per heavy atom. The molecule has 8 nitrogen and oxygen atoms in total. The Morgan fingerprint density at radius 2 is 1.75 bits per heavy atom. The highest BCUT2D eigenvalue weighted by Gasteiger charge is 2.18. The van der Waals surface area contributed by atoms with Crippen LogP contribution in [-0.2, 0) is 16.1 Å². The minimum absolute atomic E-state index is 0.187. The molecule has 2 N–H and O–H groups in total. The van der Waals surface area contributed by atoms with Crippen LogP contribution in [0.3, 0.4) is 0 Å². The zero-order chi connectivity index (χ0) is 23.1. The number of amides is 2. The number of nitrogens with zero attached hydrogens (tertiary/aromatic N) is 1. The molecule has 0 bridgehead atoms. The number of aryl methyl sites for hydroxylation is 1. The summed E-state index contributed by atoms with van der Waals surface area (Å²) >= 11 is 6.99. The smallest absolute Gasteiger partial charge is 0.350 e. The van der Waals surface area contributed by atoms with Gasteiger partial charge in [-0.1, -0.05) is 11.6 Å². The van der Waals surface area contributed by atoms with Crippen LogP contribution in [0.5, 0.6) is 5.75 Å². The maximum absolute atomic E-state index is 12.4. The third-order valence-electron chi connectivity index (χ3n) is 4.19. The predicted molar refractivity (Wildman–Crippen MR) is 121 cm³/mol. The van der Waals surface area contributed by atoms with Gasteiger partial charge >= 0.3 is 5.97 Å². The highest BCUT2D eigenvalue weighted by Crippen LogP contribution is 2.22. The fraction of sp³-hybridized carbons (Fsp3) is 0.182. The van der Waals surface area contributed by atoms with Gasteiger partial charge in [0.1, 0.15) is 22.2 Å². The van der Waals surface area contributed by atoms with E-state index in [1.807, 2.05) is 0 Å². The molecule has 0 fully saturated rings. The van der Waals surface area contributed by atoms with E-state index in [4.69, 9.17) is 21.1 Å². The summed E-state index contributed by atoms with van der Waals surface area (Å²) < 4.78 is 10.7. The van der Waals surface area contributed by atoms with Gasteiger partial charge in [-0.2, -0.15) is 0 Å². The highest BCUT2D eigenvalue weighted by atomic mass is 35.5. The van der Waals surface area contributed by atoms with Gasteiger partial charge in [0.25, 0.3) is 11.8 Å². The number of thiazole rings is 1. The van der Waals surface area contributed by atoms with E-state index in [1.165, 1.54) is 7.05 Å². The molecule has 0 spiro atoms. The average Bonchev–Trinajstić information content (AvgIpc) is 3.17. The third-order valence-corrected chi connectivity index (χ3v) is 5.56. The first-order valence-electron chi connectivity index (χ1n) is 9.49. The number of carbonyl (C=O) groups excluding carboxylic acids is 3. The van der Waals surface area contributed by atoms with Gasteiger partial charge < -0.3 is 20.1 Å². The molecule has 0 radical (unpaired) electrons. The fourth-order valence-electron chi connectivity index (χ4n) is 2.62. The summed E-state index contributed by atoms with van der Waals surface area (Å²) in [7, 11) is 1.53. The fourth-order valence-corrected chi connectivity index (χ4v) is 3.62. The molecule has 3 aromatic rings. The molecule has 1 aromatic heterocycles. The monoisotopic (exact) mass is 473 g/mol. The number of rotatable bonds is 8. The van der Waals surface area contributed by atoms with E-state index in [2.05, 4.69) is 15.6 Å². The van der Waals surface area contributed by atoms with Gasteiger partial charge in [-0.25, -0.2) is 9.78 Å². The number of nitrogens with one attached hydrogen (secondary N) is 2. The van der Waals surface area contributed by atoms with Gasteiger partial charge in [0.2, 0.25) is 0 Å². The van der Waals surface area contributed by atoms with Crippen molar-refractivity contribution in [2.24, 2.45) is 0 Å². The number of halogens is 1. The van der Waals surface area contributed by atoms with E-state index in [-0.39, 0.29) is 12.5 Å². The van der Waals surface area contributed by atoms with Crippen molar-refractivity contribution >= 4 is 46.4 Å². The SMILES string of the molecule is CNC(=O)c1ccc(NC(=O)COC(=O)c2sc(COc3ccc(Cl)cc3)nc2C)cc1. The van der Waals surface area contributed by atoms with Crippen molar-refractivity contribution in [2.45, 2.75) is 13.5 Å². The Labute approximate surface area is 193 Å². The summed E-state index contributed by atoms with van der Waals surface area (Å²) in [5.74, 6) is -0.733. The molecule has 2 aromatic carbocycles. The second-order valence-electron chi connectivity index (χ2n) is 6.55. The summed E-state index contributed by atoms with van der Waals surface area (Å²) in [6.45, 7) is 1.42. The van der Waals surface area contributed by atoms with Gasteiger partial charge in [-0.15, -0.1) is 11.3 Å². The molecule has 0 aliphatic heterocycles. The number of hydrogen-bond donors (Lipinski definition) is 2. The van der Waals surface area contributed by atoms with E-state index in [0.717, 1.165) is 11.3 Å². The average molecular weight is 474 g/mol. The molecule has 0 atom stereocenters. The largest absolute Gasteiger partial charge is 0.486 e. The van der Waals surface area contributed by atoms with Crippen molar-refractivity contribution in [2.75, 3.05) is 19.0 Å². The highest BCUT2D eigenvalue weighted by molar-refractivity contribution is 7.13. The molecule has 0 saturated carbocycles. The Bertz CT molecular complexity index is 1110. The van der Waals surface area contributed by atoms with Crippen molar-refractivity contribution in [3.05, 3.63) is 74.7 Å². The lowest BCUT2D eigenvalue weighted by Gasteiger charge is -2.07. The molecule has 0 saturated heterocycles. The van der Waals surface area contributed by atoms with E-state index in [1.54, 1.807) is 55.5 Å². The van der Waals surface area contributed by atoms with Crippen molar-refractivity contribution in [3.63, 3.8) is 0 Å². The maximum atomic E-state index is 12.4. The Morgan fingerprint density at radius 1 is 1.06 bits per heavy atom. The van der Waals surface area contributed by atoms with Crippen LogP contribution in [0.25, 0.3) is 0 Å². The first-order valence-corrected chi connectivity index (χ1v) is 10.7. The maximum Gasteiger partial charge on any atom is 0.350 e. The first kappa shape index (κ1) is 23.2. The molecule has 10 heteroatoms. The number of esters is 1. The number of ether oxygens (including phenoxy) is 2. The first-order chi connectivity index (χ1) is 15.4. The van der Waals surface area contributed by atoms with Crippen LogP contribution in [0.4, 0.5) is 5.69 Å². The molecule has 1 heterocycles. The van der Waals surface area contributed by atoms with Crippen LogP contribution in [-0.4, -0.2) is 36.4 Å². The third kappa shape index (κ3) is 6.29. The van der Waals surface area contributed by atoms with Crippen molar-refractivity contribution < 1.29 is 23.9 Å². The van der Waals surface area contributed by atoms with Crippen molar-refractivity contribution in [1.82, 2.24) is 10.3 Å². The molecule has 0 unspecified atom stereocenters. The van der Waals surface area contributed by atoms with Crippen LogP contribution in [0, 0.1) is 6.92 Å². The Kier molecular flexibility index (Phi) is 7.80. The summed E-state index contributed by atoms with van der Waals surface area (Å²) in [6.07, 6.45) is 0. The lowest BCUT2D eigenvalue weighted by Crippen LogP contribution is -2.21. The van der Waals surface area contributed by atoms with E-state index in [9.17, 15) is 14.4 Å². The van der Waals surface area contributed by atoms with Gasteiger partial charge in [0, 0.05) is 23.3 Å². The molecular weight excluding hydrogens is 454 g/mol. The summed E-state index contributed by atoms with van der Waals surface area (Å²) in [5.41, 5.74) is 1.45. The van der Waals surface area contributed by atoms with Crippen LogP contribution >= 0.6 is 22.9 Å². The summed E-state index contributed by atoms with van der Waals surface area (Å²) in [5, 5.41) is 6.33. The topological polar surface area (TPSA) is 107 Å². The Balaban J connectivity index is 1.50. The van der Waals surface area contributed by atoms with E-state index in [0.29, 0.717) is 37.6 Å². The van der Waals surface area contributed by atoms with Gasteiger partial charge in [0.05, 0.1) is 5.69 Å². The van der Waals surface area contributed by atoms with Crippen LogP contribution < -0.4 is 15.4 Å². The number of benzene rings is 2. The van der Waals surface area contributed by atoms with Crippen molar-refractivity contribution in [3.8, 4) is 5.75 Å². The van der Waals surface area contributed by atoms with Crippen LogP contribution in [0.1, 0.15) is 30.7 Å². The molecular formula is C22H20ClN3O5S. The predicted octanol–water partition coefficient (Wildman–Crippen LogP) is 3.84. The number of anilines is 1. The zero-order valence-corrected chi connectivity index (χ0v) is 18.9. The summed E-state index contributed by atoms with van der Waals surface area (Å²) in [6, 6.07) is 13.2. The van der Waals surface area contributed by atoms with Crippen molar-refractivity contribution in [1.29, 1.82) is 0 Å². The molecule has 0 aliphatic rings. The van der Waals surface area contributed by atoms with Gasteiger partial charge in [-0.05, 0) is 55.5 Å². The molecule has 3 rings (SSSR count). The van der Waals surface area contributed by atoms with Gasteiger partial charge in [0.15, 0.2) is 6.61 Å². The molecule has 0 aliphatic carbocycles. The molecule has 32 heavy (non-hydrogen) atoms. The van der Waals surface area contributed by atoms with E-state index >= 15 is 0 Å². The zero-order valence-electron chi connectivity index (χ0n) is 17.3. The number of aromatic nitrogens is 1. The number of hydrogen-bond acceptors (Lipinski definition) is 7.